The fourth-order valence-electron chi connectivity index (χ4n) is 1.71. The molecule has 0 saturated carbocycles. The lowest BCUT2D eigenvalue weighted by Gasteiger charge is -2.10. The molecule has 0 bridgehead atoms. The number of hydrogen-bond donors (Lipinski definition) is 0. The van der Waals surface area contributed by atoms with Crippen molar-refractivity contribution in [1.29, 1.82) is 0 Å². The molecule has 1 heterocycles. The van der Waals surface area contributed by atoms with E-state index in [-0.39, 0.29) is 0 Å². The number of thiazole rings is 1. The van der Waals surface area contributed by atoms with Crippen molar-refractivity contribution in [3.63, 3.8) is 0 Å². The molecule has 0 aliphatic heterocycles. The number of esters is 1. The lowest BCUT2D eigenvalue weighted by Crippen LogP contribution is -2.04. The van der Waals surface area contributed by atoms with Gasteiger partial charge in [0, 0.05) is 15.4 Å². The molecular weight excluding hydrogens is 358 g/mol. The average molecular weight is 372 g/mol. The smallest absolute Gasteiger partial charge is 0.357 e. The summed E-state index contributed by atoms with van der Waals surface area (Å²) in [6, 6.07) is 3.62. The van der Waals surface area contributed by atoms with Crippen LogP contribution in [0.3, 0.4) is 0 Å². The third-order valence-corrected chi connectivity index (χ3v) is 4.22. The molecule has 0 spiro atoms. The maximum atomic E-state index is 11.7. The molecule has 0 amide bonds. The summed E-state index contributed by atoms with van der Waals surface area (Å²) in [5.74, 6) is 0.801. The van der Waals surface area contributed by atoms with E-state index in [0.717, 1.165) is 10.0 Å². The lowest BCUT2D eigenvalue weighted by molar-refractivity contribution is 0.0520. The lowest BCUT2D eigenvalue weighted by atomic mass is 10.2. The van der Waals surface area contributed by atoms with Crippen LogP contribution in [0.2, 0.25) is 0 Å². The molecule has 1 aromatic carbocycles. The van der Waals surface area contributed by atoms with Crippen molar-refractivity contribution in [1.82, 2.24) is 4.98 Å². The van der Waals surface area contributed by atoms with Crippen LogP contribution >= 0.6 is 27.3 Å². The summed E-state index contributed by atoms with van der Waals surface area (Å²) in [7, 11) is 3.15. The van der Waals surface area contributed by atoms with E-state index in [9.17, 15) is 4.79 Å². The first-order valence-electron chi connectivity index (χ1n) is 6.15. The van der Waals surface area contributed by atoms with Crippen LogP contribution < -0.4 is 9.47 Å². The topological polar surface area (TPSA) is 57.7 Å². The van der Waals surface area contributed by atoms with Gasteiger partial charge < -0.3 is 14.2 Å². The highest BCUT2D eigenvalue weighted by molar-refractivity contribution is 9.10. The van der Waals surface area contributed by atoms with Gasteiger partial charge in [0.05, 0.1) is 20.8 Å². The van der Waals surface area contributed by atoms with E-state index in [1.807, 2.05) is 6.07 Å². The zero-order valence-corrected chi connectivity index (χ0v) is 14.2. The molecule has 0 saturated heterocycles. The monoisotopic (exact) mass is 371 g/mol. The van der Waals surface area contributed by atoms with Gasteiger partial charge in [0.1, 0.15) is 5.01 Å². The first-order chi connectivity index (χ1) is 10.1. The zero-order chi connectivity index (χ0) is 15.4. The van der Waals surface area contributed by atoms with E-state index in [1.54, 1.807) is 32.6 Å². The maximum Gasteiger partial charge on any atom is 0.357 e. The number of nitrogens with zero attached hydrogens (tertiary/aromatic N) is 1. The first kappa shape index (κ1) is 15.8. The normalized spacial score (nSPS) is 10.3. The highest BCUT2D eigenvalue weighted by atomic mass is 79.9. The predicted octanol–water partition coefficient (Wildman–Crippen LogP) is 3.77. The Bertz CT molecular complexity index is 656. The third kappa shape index (κ3) is 3.36. The van der Waals surface area contributed by atoms with E-state index >= 15 is 0 Å². The molecular formula is C14H14BrNO4S. The maximum absolute atomic E-state index is 11.7. The van der Waals surface area contributed by atoms with Gasteiger partial charge in [-0.05, 0) is 35.0 Å². The quantitative estimate of drug-likeness (QED) is 0.748. The second kappa shape index (κ2) is 6.91. The molecule has 0 N–H and O–H groups in total. The molecule has 0 unspecified atom stereocenters. The van der Waals surface area contributed by atoms with E-state index in [1.165, 1.54) is 11.3 Å². The van der Waals surface area contributed by atoms with Gasteiger partial charge in [0.15, 0.2) is 17.2 Å². The minimum atomic E-state index is -0.420. The van der Waals surface area contributed by atoms with Crippen LogP contribution in [0.4, 0.5) is 0 Å². The van der Waals surface area contributed by atoms with Crippen LogP contribution in [0.5, 0.6) is 11.5 Å². The van der Waals surface area contributed by atoms with Crippen molar-refractivity contribution in [3.05, 3.63) is 27.7 Å². The Morgan fingerprint density at radius 3 is 2.57 bits per heavy atom. The Kier molecular flexibility index (Phi) is 5.19. The molecule has 0 radical (unpaired) electrons. The Morgan fingerprint density at radius 2 is 1.95 bits per heavy atom. The highest BCUT2D eigenvalue weighted by Gasteiger charge is 2.17. The van der Waals surface area contributed by atoms with Gasteiger partial charge in [0.2, 0.25) is 0 Å². The number of rotatable bonds is 5. The molecule has 2 aromatic rings. The van der Waals surface area contributed by atoms with Crippen LogP contribution in [0.1, 0.15) is 17.4 Å². The standard InChI is InChI=1S/C14H14BrNO4S/c1-4-20-14(17)10-7-21-13(16-10)8-5-11(18-2)12(19-3)6-9(8)15/h5-7H,4H2,1-3H3. The zero-order valence-electron chi connectivity index (χ0n) is 11.8. The van der Waals surface area contributed by atoms with Gasteiger partial charge >= 0.3 is 5.97 Å². The van der Waals surface area contributed by atoms with E-state index in [0.29, 0.717) is 28.8 Å². The Balaban J connectivity index is 2.40. The number of benzene rings is 1. The summed E-state index contributed by atoms with van der Waals surface area (Å²) in [5.41, 5.74) is 1.13. The van der Waals surface area contributed by atoms with Crippen LogP contribution in [-0.2, 0) is 4.74 Å². The Morgan fingerprint density at radius 1 is 1.29 bits per heavy atom. The number of methoxy groups -OCH3 is 2. The number of aromatic nitrogens is 1. The highest BCUT2D eigenvalue weighted by Crippen LogP contribution is 2.39. The molecule has 2 rings (SSSR count). The average Bonchev–Trinajstić information content (AvgIpc) is 2.96. The van der Waals surface area contributed by atoms with E-state index < -0.39 is 5.97 Å². The largest absolute Gasteiger partial charge is 0.493 e. The molecule has 0 atom stereocenters. The van der Waals surface area contributed by atoms with Crippen LogP contribution in [0, 0.1) is 0 Å². The minimum Gasteiger partial charge on any atom is -0.493 e. The molecule has 112 valence electrons. The summed E-state index contributed by atoms with van der Waals surface area (Å²) < 4.78 is 16.3. The minimum absolute atomic E-state index is 0.304. The molecule has 0 aliphatic carbocycles. The second-order valence-corrected chi connectivity index (χ2v) is 5.66. The van der Waals surface area contributed by atoms with Gasteiger partial charge in [-0.2, -0.15) is 0 Å². The van der Waals surface area contributed by atoms with Gasteiger partial charge in [-0.25, -0.2) is 9.78 Å². The van der Waals surface area contributed by atoms with E-state index in [2.05, 4.69) is 20.9 Å². The van der Waals surface area contributed by atoms with Crippen molar-refractivity contribution in [2.75, 3.05) is 20.8 Å². The van der Waals surface area contributed by atoms with Gasteiger partial charge in [-0.3, -0.25) is 0 Å². The third-order valence-electron chi connectivity index (χ3n) is 2.69. The molecule has 21 heavy (non-hydrogen) atoms. The molecule has 7 heteroatoms. The van der Waals surface area contributed by atoms with Crippen molar-refractivity contribution >= 4 is 33.2 Å². The molecule has 0 fully saturated rings. The number of carbonyl (C=O) groups excluding carboxylic acids is 1. The van der Waals surface area contributed by atoms with Crippen LogP contribution in [0.25, 0.3) is 10.6 Å². The number of carbonyl (C=O) groups is 1. The van der Waals surface area contributed by atoms with Crippen LogP contribution in [-0.4, -0.2) is 31.8 Å². The number of ether oxygens (including phenoxy) is 3. The Hall–Kier alpha value is -1.60. The van der Waals surface area contributed by atoms with Gasteiger partial charge in [0.25, 0.3) is 0 Å². The summed E-state index contributed by atoms with van der Waals surface area (Å²) in [5, 5.41) is 2.38. The number of hydrogen-bond acceptors (Lipinski definition) is 6. The summed E-state index contributed by atoms with van der Waals surface area (Å²) in [4.78, 5) is 16.0. The van der Waals surface area contributed by atoms with Crippen molar-refractivity contribution in [2.24, 2.45) is 0 Å². The van der Waals surface area contributed by atoms with Gasteiger partial charge in [-0.15, -0.1) is 11.3 Å². The van der Waals surface area contributed by atoms with Crippen molar-refractivity contribution in [3.8, 4) is 22.1 Å². The van der Waals surface area contributed by atoms with E-state index in [4.69, 9.17) is 14.2 Å². The number of halogens is 1. The Labute approximate surface area is 135 Å². The summed E-state index contributed by atoms with van der Waals surface area (Å²) in [6.07, 6.45) is 0. The molecule has 0 aliphatic rings. The predicted molar refractivity (Wildman–Crippen MR) is 84.3 cm³/mol. The SMILES string of the molecule is CCOC(=O)c1csc(-c2cc(OC)c(OC)cc2Br)n1. The molecule has 1 aromatic heterocycles. The van der Waals surface area contributed by atoms with Crippen molar-refractivity contribution in [2.45, 2.75) is 6.92 Å². The van der Waals surface area contributed by atoms with Crippen LogP contribution in [0.15, 0.2) is 22.0 Å². The van der Waals surface area contributed by atoms with Crippen molar-refractivity contribution < 1.29 is 19.0 Å². The fourth-order valence-corrected chi connectivity index (χ4v) is 3.17. The second-order valence-electron chi connectivity index (χ2n) is 3.95. The summed E-state index contributed by atoms with van der Waals surface area (Å²) >= 11 is 4.85. The van der Waals surface area contributed by atoms with Gasteiger partial charge in [-0.1, -0.05) is 0 Å². The first-order valence-corrected chi connectivity index (χ1v) is 7.82. The fraction of sp³-hybridized carbons (Fsp3) is 0.286. The summed E-state index contributed by atoms with van der Waals surface area (Å²) in [6.45, 7) is 2.09. The molecule has 5 nitrogen and oxygen atoms in total.